The number of nitrogens with zero attached hydrogens (tertiary/aromatic N) is 1. The Labute approximate surface area is 97.8 Å². The Hall–Kier alpha value is -0.180. The van der Waals surface area contributed by atoms with Crippen LogP contribution in [0.3, 0.4) is 0 Å². The molecule has 2 nitrogen and oxygen atoms in total. The minimum absolute atomic E-state index is 0.368. The number of hydrogen-bond donors (Lipinski definition) is 1. The van der Waals surface area contributed by atoms with Gasteiger partial charge in [0, 0.05) is 19.0 Å². The third-order valence-corrected chi connectivity index (χ3v) is 4.48. The highest BCUT2D eigenvalue weighted by molar-refractivity contribution is 7.80. The lowest BCUT2D eigenvalue weighted by molar-refractivity contribution is -0.131. The molecule has 3 heteroatoms. The lowest BCUT2D eigenvalue weighted by atomic mass is 9.85. The summed E-state index contributed by atoms with van der Waals surface area (Å²) in [6, 6.07) is 0.524. The van der Waals surface area contributed by atoms with E-state index in [9.17, 15) is 4.79 Å². The Morgan fingerprint density at radius 1 is 1.40 bits per heavy atom. The standard InChI is InChI=1S/C12H21NOS/c1-9-4-2-3-5-11(9)13-7-10(8-15)6-12(13)14/h9-11,15H,2-8H2,1H3. The zero-order valence-electron chi connectivity index (χ0n) is 9.48. The van der Waals surface area contributed by atoms with Gasteiger partial charge in [0.1, 0.15) is 0 Å². The van der Waals surface area contributed by atoms with Gasteiger partial charge in [-0.3, -0.25) is 4.79 Å². The maximum Gasteiger partial charge on any atom is 0.223 e. The molecule has 1 heterocycles. The predicted octanol–water partition coefficient (Wildman–Crippen LogP) is 2.34. The first kappa shape index (κ1) is 11.3. The van der Waals surface area contributed by atoms with Crippen molar-refractivity contribution in [2.75, 3.05) is 12.3 Å². The van der Waals surface area contributed by atoms with Crippen molar-refractivity contribution < 1.29 is 4.79 Å². The summed E-state index contributed by atoms with van der Waals surface area (Å²) in [4.78, 5) is 14.0. The predicted molar refractivity (Wildman–Crippen MR) is 65.1 cm³/mol. The third-order valence-electron chi connectivity index (χ3n) is 3.96. The SMILES string of the molecule is CC1CCCCC1N1CC(CS)CC1=O. The quantitative estimate of drug-likeness (QED) is 0.718. The van der Waals surface area contributed by atoms with Crippen molar-refractivity contribution in [1.82, 2.24) is 4.90 Å². The van der Waals surface area contributed by atoms with E-state index in [1.54, 1.807) is 0 Å². The molecule has 0 bridgehead atoms. The van der Waals surface area contributed by atoms with E-state index in [-0.39, 0.29) is 0 Å². The molecule has 0 aromatic heterocycles. The van der Waals surface area contributed by atoms with Crippen LogP contribution in [0.1, 0.15) is 39.0 Å². The van der Waals surface area contributed by atoms with Gasteiger partial charge in [0.15, 0.2) is 0 Å². The molecule has 3 atom stereocenters. The minimum atomic E-state index is 0.368. The average Bonchev–Trinajstić information content (AvgIpc) is 2.60. The largest absolute Gasteiger partial charge is 0.339 e. The molecule has 0 radical (unpaired) electrons. The van der Waals surface area contributed by atoms with Crippen molar-refractivity contribution in [1.29, 1.82) is 0 Å². The summed E-state index contributed by atoms with van der Waals surface area (Å²) in [6.07, 6.45) is 5.87. The summed E-state index contributed by atoms with van der Waals surface area (Å²) in [5.41, 5.74) is 0. The van der Waals surface area contributed by atoms with Crippen LogP contribution in [0, 0.1) is 11.8 Å². The zero-order valence-corrected chi connectivity index (χ0v) is 10.4. The molecule has 86 valence electrons. The van der Waals surface area contributed by atoms with E-state index in [4.69, 9.17) is 0 Å². The Morgan fingerprint density at radius 2 is 2.13 bits per heavy atom. The van der Waals surface area contributed by atoms with Gasteiger partial charge in [-0.05, 0) is 30.4 Å². The average molecular weight is 227 g/mol. The van der Waals surface area contributed by atoms with Gasteiger partial charge in [0.05, 0.1) is 0 Å². The second kappa shape index (κ2) is 4.77. The summed E-state index contributed by atoms with van der Waals surface area (Å²) >= 11 is 4.30. The lowest BCUT2D eigenvalue weighted by Gasteiger charge is -2.36. The fourth-order valence-electron chi connectivity index (χ4n) is 3.01. The van der Waals surface area contributed by atoms with Crippen molar-refractivity contribution in [3.05, 3.63) is 0 Å². The Kier molecular flexibility index (Phi) is 3.60. The van der Waals surface area contributed by atoms with E-state index in [0.717, 1.165) is 18.7 Å². The van der Waals surface area contributed by atoms with Crippen LogP contribution >= 0.6 is 12.6 Å². The van der Waals surface area contributed by atoms with Crippen molar-refractivity contribution in [2.45, 2.75) is 45.1 Å². The Morgan fingerprint density at radius 3 is 2.73 bits per heavy atom. The second-order valence-corrected chi connectivity index (χ2v) is 5.49. The number of thiol groups is 1. The molecular weight excluding hydrogens is 206 g/mol. The Balaban J connectivity index is 2.00. The van der Waals surface area contributed by atoms with Crippen molar-refractivity contribution in [2.24, 2.45) is 11.8 Å². The number of rotatable bonds is 2. The zero-order chi connectivity index (χ0) is 10.8. The van der Waals surface area contributed by atoms with Gasteiger partial charge in [-0.25, -0.2) is 0 Å². The van der Waals surface area contributed by atoms with E-state index in [1.807, 2.05) is 0 Å². The monoisotopic (exact) mass is 227 g/mol. The molecule has 2 fully saturated rings. The molecular formula is C12H21NOS. The molecule has 3 unspecified atom stereocenters. The molecule has 2 rings (SSSR count). The van der Waals surface area contributed by atoms with Crippen LogP contribution in [-0.2, 0) is 4.79 Å². The molecule has 1 aliphatic carbocycles. The molecule has 0 N–H and O–H groups in total. The number of carbonyl (C=O) groups is 1. The van der Waals surface area contributed by atoms with Gasteiger partial charge in [-0.2, -0.15) is 12.6 Å². The maximum absolute atomic E-state index is 11.9. The van der Waals surface area contributed by atoms with Crippen molar-refractivity contribution >= 4 is 18.5 Å². The summed E-state index contributed by atoms with van der Waals surface area (Å²) < 4.78 is 0. The van der Waals surface area contributed by atoms with Gasteiger partial charge in [-0.15, -0.1) is 0 Å². The molecule has 2 aliphatic rings. The van der Waals surface area contributed by atoms with Crippen LogP contribution in [0.15, 0.2) is 0 Å². The number of hydrogen-bond acceptors (Lipinski definition) is 2. The van der Waals surface area contributed by atoms with Gasteiger partial charge < -0.3 is 4.90 Å². The van der Waals surface area contributed by atoms with Crippen LogP contribution in [0.4, 0.5) is 0 Å². The van der Waals surface area contributed by atoms with E-state index in [0.29, 0.717) is 23.8 Å². The highest BCUT2D eigenvalue weighted by atomic mass is 32.1. The summed E-state index contributed by atoms with van der Waals surface area (Å²) in [7, 11) is 0. The number of carbonyl (C=O) groups excluding carboxylic acids is 1. The molecule has 0 spiro atoms. The van der Waals surface area contributed by atoms with E-state index < -0.39 is 0 Å². The van der Waals surface area contributed by atoms with E-state index >= 15 is 0 Å². The minimum Gasteiger partial charge on any atom is -0.339 e. The van der Waals surface area contributed by atoms with Gasteiger partial charge >= 0.3 is 0 Å². The smallest absolute Gasteiger partial charge is 0.223 e. The van der Waals surface area contributed by atoms with E-state index in [2.05, 4.69) is 24.5 Å². The third kappa shape index (κ3) is 2.32. The first-order chi connectivity index (χ1) is 7.22. The topological polar surface area (TPSA) is 20.3 Å². The summed E-state index contributed by atoms with van der Waals surface area (Å²) in [5, 5.41) is 0. The highest BCUT2D eigenvalue weighted by Crippen LogP contribution is 2.32. The number of amides is 1. The highest BCUT2D eigenvalue weighted by Gasteiger charge is 2.36. The van der Waals surface area contributed by atoms with Crippen LogP contribution in [0.25, 0.3) is 0 Å². The summed E-state index contributed by atoms with van der Waals surface area (Å²) in [5.74, 6) is 2.41. The lowest BCUT2D eigenvalue weighted by Crippen LogP contribution is -2.42. The number of likely N-dealkylation sites (tertiary alicyclic amines) is 1. The van der Waals surface area contributed by atoms with Gasteiger partial charge in [-0.1, -0.05) is 19.8 Å². The molecule has 1 amide bonds. The second-order valence-electron chi connectivity index (χ2n) is 5.13. The fraction of sp³-hybridized carbons (Fsp3) is 0.917. The van der Waals surface area contributed by atoms with Gasteiger partial charge in [0.25, 0.3) is 0 Å². The van der Waals surface area contributed by atoms with Crippen LogP contribution < -0.4 is 0 Å². The van der Waals surface area contributed by atoms with Crippen LogP contribution in [-0.4, -0.2) is 29.1 Å². The van der Waals surface area contributed by atoms with Crippen LogP contribution in [0.5, 0.6) is 0 Å². The van der Waals surface area contributed by atoms with Crippen molar-refractivity contribution in [3.8, 4) is 0 Å². The van der Waals surface area contributed by atoms with Crippen molar-refractivity contribution in [3.63, 3.8) is 0 Å². The first-order valence-corrected chi connectivity index (χ1v) is 6.76. The molecule has 1 saturated heterocycles. The maximum atomic E-state index is 11.9. The normalized spacial score (nSPS) is 37.3. The molecule has 1 aliphatic heterocycles. The van der Waals surface area contributed by atoms with Gasteiger partial charge in [0.2, 0.25) is 5.91 Å². The molecule has 1 saturated carbocycles. The first-order valence-electron chi connectivity index (χ1n) is 6.12. The molecule has 15 heavy (non-hydrogen) atoms. The molecule has 0 aromatic carbocycles. The van der Waals surface area contributed by atoms with Crippen LogP contribution in [0.2, 0.25) is 0 Å². The fourth-order valence-corrected chi connectivity index (χ4v) is 3.26. The molecule has 0 aromatic rings. The Bertz CT molecular complexity index is 244. The summed E-state index contributed by atoms with van der Waals surface area (Å²) in [6.45, 7) is 3.25. The van der Waals surface area contributed by atoms with E-state index in [1.165, 1.54) is 25.7 Å².